The standard InChI is InChI=1S/C9H17NO2/c1-9(2,12)5-3-7-4-6-10-8(7)11/h7,12H,3-6H2,1-2H3,(H,10,11). The number of rotatable bonds is 3. The molecule has 70 valence electrons. The minimum absolute atomic E-state index is 0.136. The Morgan fingerprint density at radius 3 is 2.75 bits per heavy atom. The minimum Gasteiger partial charge on any atom is -0.390 e. The zero-order chi connectivity index (χ0) is 9.19. The molecular formula is C9H17NO2. The quantitative estimate of drug-likeness (QED) is 0.656. The van der Waals surface area contributed by atoms with Crippen LogP contribution in [0, 0.1) is 5.92 Å². The summed E-state index contributed by atoms with van der Waals surface area (Å²) < 4.78 is 0. The van der Waals surface area contributed by atoms with Crippen molar-refractivity contribution in [2.45, 2.75) is 38.7 Å². The number of amides is 1. The van der Waals surface area contributed by atoms with Gasteiger partial charge in [-0.2, -0.15) is 0 Å². The molecule has 0 aromatic carbocycles. The van der Waals surface area contributed by atoms with E-state index in [0.717, 1.165) is 19.4 Å². The van der Waals surface area contributed by atoms with E-state index in [2.05, 4.69) is 5.32 Å². The van der Waals surface area contributed by atoms with Gasteiger partial charge in [-0.25, -0.2) is 0 Å². The highest BCUT2D eigenvalue weighted by Gasteiger charge is 2.25. The second kappa shape index (κ2) is 3.44. The molecule has 2 N–H and O–H groups in total. The maximum Gasteiger partial charge on any atom is 0.223 e. The summed E-state index contributed by atoms with van der Waals surface area (Å²) in [5.74, 6) is 0.288. The molecule has 1 aliphatic heterocycles. The van der Waals surface area contributed by atoms with Gasteiger partial charge < -0.3 is 10.4 Å². The van der Waals surface area contributed by atoms with Crippen LogP contribution in [-0.2, 0) is 4.79 Å². The van der Waals surface area contributed by atoms with Crippen LogP contribution >= 0.6 is 0 Å². The lowest BCUT2D eigenvalue weighted by molar-refractivity contribution is -0.122. The zero-order valence-corrected chi connectivity index (χ0v) is 7.76. The van der Waals surface area contributed by atoms with Gasteiger partial charge in [0.15, 0.2) is 0 Å². The Morgan fingerprint density at radius 1 is 1.67 bits per heavy atom. The van der Waals surface area contributed by atoms with Crippen LogP contribution in [0.4, 0.5) is 0 Å². The van der Waals surface area contributed by atoms with Crippen molar-refractivity contribution in [2.75, 3.05) is 6.54 Å². The summed E-state index contributed by atoms with van der Waals surface area (Å²) >= 11 is 0. The molecule has 0 spiro atoms. The Kier molecular flexibility index (Phi) is 2.73. The van der Waals surface area contributed by atoms with Crippen molar-refractivity contribution in [3.05, 3.63) is 0 Å². The fourth-order valence-corrected chi connectivity index (χ4v) is 1.45. The van der Waals surface area contributed by atoms with E-state index in [4.69, 9.17) is 0 Å². The molecule has 0 aliphatic carbocycles. The second-order valence-electron chi connectivity index (χ2n) is 4.13. The normalized spacial score (nSPS) is 24.2. The first-order chi connectivity index (χ1) is 5.49. The summed E-state index contributed by atoms with van der Waals surface area (Å²) in [4.78, 5) is 11.1. The maximum atomic E-state index is 11.1. The molecule has 3 heteroatoms. The summed E-state index contributed by atoms with van der Waals surface area (Å²) in [6, 6.07) is 0. The van der Waals surface area contributed by atoms with Crippen molar-refractivity contribution in [1.82, 2.24) is 5.32 Å². The molecule has 0 aromatic rings. The average molecular weight is 171 g/mol. The zero-order valence-electron chi connectivity index (χ0n) is 7.76. The lowest BCUT2D eigenvalue weighted by atomic mass is 9.94. The summed E-state index contributed by atoms with van der Waals surface area (Å²) in [5.41, 5.74) is -0.636. The van der Waals surface area contributed by atoms with Crippen LogP contribution in [0.1, 0.15) is 33.1 Å². The van der Waals surface area contributed by atoms with Gasteiger partial charge in [0, 0.05) is 12.5 Å². The van der Waals surface area contributed by atoms with Crippen LogP contribution in [0.3, 0.4) is 0 Å². The van der Waals surface area contributed by atoms with Gasteiger partial charge in [0.1, 0.15) is 0 Å². The molecule has 0 aromatic heterocycles. The van der Waals surface area contributed by atoms with Gasteiger partial charge in [0.05, 0.1) is 5.60 Å². The van der Waals surface area contributed by atoms with Gasteiger partial charge in [-0.15, -0.1) is 0 Å². The third-order valence-electron chi connectivity index (χ3n) is 2.27. The third-order valence-corrected chi connectivity index (χ3v) is 2.27. The Hall–Kier alpha value is -0.570. The van der Waals surface area contributed by atoms with Crippen LogP contribution in [0.5, 0.6) is 0 Å². The number of aliphatic hydroxyl groups is 1. The fourth-order valence-electron chi connectivity index (χ4n) is 1.45. The van der Waals surface area contributed by atoms with E-state index in [9.17, 15) is 9.90 Å². The van der Waals surface area contributed by atoms with E-state index in [1.807, 2.05) is 0 Å². The Bertz CT molecular complexity index is 172. The average Bonchev–Trinajstić information content (AvgIpc) is 2.29. The molecule has 1 fully saturated rings. The number of carbonyl (C=O) groups excluding carboxylic acids is 1. The van der Waals surface area contributed by atoms with Crippen LogP contribution in [0.2, 0.25) is 0 Å². The minimum atomic E-state index is -0.636. The summed E-state index contributed by atoms with van der Waals surface area (Å²) in [6.07, 6.45) is 2.43. The van der Waals surface area contributed by atoms with E-state index >= 15 is 0 Å². The Balaban J connectivity index is 2.27. The highest BCUT2D eigenvalue weighted by molar-refractivity contribution is 5.80. The smallest absolute Gasteiger partial charge is 0.223 e. The predicted octanol–water partition coefficient (Wildman–Crippen LogP) is 0.674. The number of carbonyl (C=O) groups is 1. The van der Waals surface area contributed by atoms with Gasteiger partial charge in [-0.05, 0) is 33.1 Å². The van der Waals surface area contributed by atoms with Crippen molar-refractivity contribution in [2.24, 2.45) is 5.92 Å². The first kappa shape index (κ1) is 9.52. The van der Waals surface area contributed by atoms with Gasteiger partial charge in [-0.3, -0.25) is 4.79 Å². The number of hydrogen-bond acceptors (Lipinski definition) is 2. The topological polar surface area (TPSA) is 49.3 Å². The second-order valence-corrected chi connectivity index (χ2v) is 4.13. The van der Waals surface area contributed by atoms with Crippen molar-refractivity contribution >= 4 is 5.91 Å². The maximum absolute atomic E-state index is 11.1. The van der Waals surface area contributed by atoms with Crippen molar-refractivity contribution in [3.8, 4) is 0 Å². The van der Waals surface area contributed by atoms with Crippen LogP contribution in [0.25, 0.3) is 0 Å². The number of hydrogen-bond donors (Lipinski definition) is 2. The molecule has 1 unspecified atom stereocenters. The highest BCUT2D eigenvalue weighted by Crippen LogP contribution is 2.20. The molecule has 12 heavy (non-hydrogen) atoms. The molecule has 0 saturated carbocycles. The molecule has 1 saturated heterocycles. The van der Waals surface area contributed by atoms with Crippen molar-refractivity contribution < 1.29 is 9.90 Å². The SMILES string of the molecule is CC(C)(O)CCC1CCNC1=O. The molecule has 0 bridgehead atoms. The molecular weight excluding hydrogens is 154 g/mol. The molecule has 1 rings (SSSR count). The molecule has 0 radical (unpaired) electrons. The first-order valence-electron chi connectivity index (χ1n) is 4.49. The van der Waals surface area contributed by atoms with Gasteiger partial charge >= 0.3 is 0 Å². The van der Waals surface area contributed by atoms with Crippen LogP contribution in [0.15, 0.2) is 0 Å². The fraction of sp³-hybridized carbons (Fsp3) is 0.889. The van der Waals surface area contributed by atoms with Gasteiger partial charge in [-0.1, -0.05) is 0 Å². The van der Waals surface area contributed by atoms with E-state index in [1.54, 1.807) is 13.8 Å². The first-order valence-corrected chi connectivity index (χ1v) is 4.49. The van der Waals surface area contributed by atoms with E-state index in [-0.39, 0.29) is 11.8 Å². The summed E-state index contributed by atoms with van der Waals surface area (Å²) in [5, 5.41) is 12.2. The van der Waals surface area contributed by atoms with Gasteiger partial charge in [0.25, 0.3) is 0 Å². The van der Waals surface area contributed by atoms with Crippen molar-refractivity contribution in [1.29, 1.82) is 0 Å². The lowest BCUT2D eigenvalue weighted by Gasteiger charge is -2.18. The highest BCUT2D eigenvalue weighted by atomic mass is 16.3. The lowest BCUT2D eigenvalue weighted by Crippen LogP contribution is -2.23. The van der Waals surface area contributed by atoms with E-state index < -0.39 is 5.60 Å². The molecule has 1 atom stereocenters. The van der Waals surface area contributed by atoms with Gasteiger partial charge in [0.2, 0.25) is 5.91 Å². The van der Waals surface area contributed by atoms with Crippen LogP contribution < -0.4 is 5.32 Å². The Labute approximate surface area is 73.2 Å². The summed E-state index contributed by atoms with van der Waals surface area (Å²) in [7, 11) is 0. The van der Waals surface area contributed by atoms with Crippen molar-refractivity contribution in [3.63, 3.8) is 0 Å². The Morgan fingerprint density at radius 2 is 2.33 bits per heavy atom. The monoisotopic (exact) mass is 171 g/mol. The molecule has 1 amide bonds. The van der Waals surface area contributed by atoms with Crippen LogP contribution in [-0.4, -0.2) is 23.2 Å². The largest absolute Gasteiger partial charge is 0.390 e. The van der Waals surface area contributed by atoms with E-state index in [1.165, 1.54) is 0 Å². The molecule has 1 heterocycles. The number of nitrogens with one attached hydrogen (secondary N) is 1. The molecule has 3 nitrogen and oxygen atoms in total. The predicted molar refractivity (Wildman–Crippen MR) is 46.6 cm³/mol. The molecule has 1 aliphatic rings. The third kappa shape index (κ3) is 2.81. The van der Waals surface area contributed by atoms with E-state index in [0.29, 0.717) is 6.42 Å². The summed E-state index contributed by atoms with van der Waals surface area (Å²) in [6.45, 7) is 4.36.